The molecule has 0 spiro atoms. The Morgan fingerprint density at radius 3 is 3.05 bits per heavy atom. The lowest BCUT2D eigenvalue weighted by molar-refractivity contribution is 0.446. The number of pyridine rings is 1. The van der Waals surface area contributed by atoms with Crippen LogP contribution in [-0.2, 0) is 6.42 Å². The molecule has 2 nitrogen and oxygen atoms in total. The van der Waals surface area contributed by atoms with Crippen molar-refractivity contribution in [2.24, 2.45) is 0 Å². The van der Waals surface area contributed by atoms with Gasteiger partial charge >= 0.3 is 0 Å². The van der Waals surface area contributed by atoms with Gasteiger partial charge in [-0.25, -0.2) is 4.39 Å². The minimum Gasteiger partial charge on any atom is -0.310 e. The van der Waals surface area contributed by atoms with Crippen molar-refractivity contribution < 1.29 is 4.39 Å². The summed E-state index contributed by atoms with van der Waals surface area (Å²) in [6.45, 7) is 2.92. The first-order valence-corrected chi connectivity index (χ1v) is 7.70. The molecule has 1 heterocycles. The van der Waals surface area contributed by atoms with Crippen molar-refractivity contribution in [3.63, 3.8) is 0 Å². The molecule has 0 fully saturated rings. The van der Waals surface area contributed by atoms with E-state index in [0.29, 0.717) is 5.92 Å². The Morgan fingerprint density at radius 1 is 1.43 bits per heavy atom. The van der Waals surface area contributed by atoms with E-state index in [1.165, 1.54) is 11.6 Å². The number of likely N-dealkylation sites (N-methyl/N-ethyl adjacent to an activating group) is 1. The number of hydrogen-bond donors (Lipinski definition) is 1. The van der Waals surface area contributed by atoms with Gasteiger partial charge in [-0.05, 0) is 48.7 Å². The second-order valence-corrected chi connectivity index (χ2v) is 5.81. The molecule has 2 aromatic rings. The Balaban J connectivity index is 1.97. The fourth-order valence-electron chi connectivity index (χ4n) is 3.19. The zero-order valence-corrected chi connectivity index (χ0v) is 12.7. The number of aryl methyl sites for hydroxylation is 1. The van der Waals surface area contributed by atoms with E-state index in [9.17, 15) is 4.39 Å². The number of halogens is 2. The topological polar surface area (TPSA) is 24.9 Å². The maximum absolute atomic E-state index is 13.4. The van der Waals surface area contributed by atoms with Crippen molar-refractivity contribution in [1.82, 2.24) is 10.3 Å². The van der Waals surface area contributed by atoms with Gasteiger partial charge in [-0.15, -0.1) is 0 Å². The molecule has 1 aliphatic rings. The van der Waals surface area contributed by atoms with E-state index in [2.05, 4.69) is 23.3 Å². The van der Waals surface area contributed by atoms with Crippen molar-refractivity contribution in [1.29, 1.82) is 0 Å². The number of nitrogens with one attached hydrogen (secondary N) is 1. The molecular weight excluding hydrogens is 287 g/mol. The first-order chi connectivity index (χ1) is 10.2. The number of rotatable bonds is 4. The van der Waals surface area contributed by atoms with Crippen LogP contribution in [0.3, 0.4) is 0 Å². The van der Waals surface area contributed by atoms with E-state index in [4.69, 9.17) is 11.6 Å². The van der Waals surface area contributed by atoms with Gasteiger partial charge in [0.25, 0.3) is 0 Å². The number of benzene rings is 1. The first-order valence-electron chi connectivity index (χ1n) is 7.32. The summed E-state index contributed by atoms with van der Waals surface area (Å²) < 4.78 is 13.4. The second kappa shape index (κ2) is 6.12. The molecule has 1 aromatic heterocycles. The van der Waals surface area contributed by atoms with Crippen molar-refractivity contribution in [3.05, 3.63) is 64.2 Å². The Bertz CT molecular complexity index is 644. The number of fused-ring (bicyclic) bond motifs is 1. The summed E-state index contributed by atoms with van der Waals surface area (Å²) in [7, 11) is 0. The van der Waals surface area contributed by atoms with Gasteiger partial charge in [0.05, 0.1) is 5.02 Å². The smallest absolute Gasteiger partial charge is 0.141 e. The number of hydrogen-bond acceptors (Lipinski definition) is 2. The molecule has 3 rings (SSSR count). The fourth-order valence-corrected chi connectivity index (χ4v) is 3.38. The van der Waals surface area contributed by atoms with E-state index in [-0.39, 0.29) is 16.9 Å². The van der Waals surface area contributed by atoms with Gasteiger partial charge in [-0.3, -0.25) is 4.98 Å². The molecule has 1 aliphatic carbocycles. The molecule has 0 bridgehead atoms. The molecule has 110 valence electrons. The molecule has 1 N–H and O–H groups in total. The van der Waals surface area contributed by atoms with Gasteiger partial charge in [-0.1, -0.05) is 30.7 Å². The van der Waals surface area contributed by atoms with E-state index in [1.807, 2.05) is 18.3 Å². The second-order valence-electron chi connectivity index (χ2n) is 5.40. The van der Waals surface area contributed by atoms with Gasteiger partial charge in [0.2, 0.25) is 0 Å². The minimum atomic E-state index is -0.374. The van der Waals surface area contributed by atoms with Crippen LogP contribution in [0.15, 0.2) is 36.5 Å². The summed E-state index contributed by atoms with van der Waals surface area (Å²) in [6.07, 6.45) is 3.95. The normalized spacial score (nSPS) is 18.5. The van der Waals surface area contributed by atoms with Crippen LogP contribution in [0, 0.1) is 5.82 Å². The van der Waals surface area contributed by atoms with Gasteiger partial charge in [0.1, 0.15) is 5.82 Å². The van der Waals surface area contributed by atoms with Crippen LogP contribution in [0.25, 0.3) is 0 Å². The van der Waals surface area contributed by atoms with Crippen molar-refractivity contribution in [3.8, 4) is 0 Å². The maximum atomic E-state index is 13.4. The molecule has 2 unspecified atom stereocenters. The molecule has 0 aliphatic heterocycles. The molecule has 1 aromatic carbocycles. The maximum Gasteiger partial charge on any atom is 0.141 e. The van der Waals surface area contributed by atoms with Gasteiger partial charge in [0, 0.05) is 23.9 Å². The largest absolute Gasteiger partial charge is 0.310 e. The van der Waals surface area contributed by atoms with E-state index in [0.717, 1.165) is 30.6 Å². The predicted octanol–water partition coefficient (Wildman–Crippen LogP) is 4.25. The highest BCUT2D eigenvalue weighted by atomic mass is 35.5. The third-order valence-electron chi connectivity index (χ3n) is 4.13. The lowest BCUT2D eigenvalue weighted by Crippen LogP contribution is -2.26. The van der Waals surface area contributed by atoms with Crippen LogP contribution in [-0.4, -0.2) is 11.5 Å². The SMILES string of the molecule is CCNC(c1ccc(F)c(Cl)c1)C1CCc2cccnc21. The summed E-state index contributed by atoms with van der Waals surface area (Å²) >= 11 is 5.95. The summed E-state index contributed by atoms with van der Waals surface area (Å²) in [6, 6.07) is 9.22. The fraction of sp³-hybridized carbons (Fsp3) is 0.353. The van der Waals surface area contributed by atoms with Crippen LogP contribution in [0.4, 0.5) is 4.39 Å². The molecule has 0 radical (unpaired) electrons. The molecule has 0 saturated carbocycles. The highest BCUT2D eigenvalue weighted by molar-refractivity contribution is 6.30. The first kappa shape index (κ1) is 14.5. The van der Waals surface area contributed by atoms with Crippen LogP contribution < -0.4 is 5.32 Å². The Hall–Kier alpha value is -1.45. The molecule has 21 heavy (non-hydrogen) atoms. The van der Waals surface area contributed by atoms with Crippen molar-refractivity contribution in [2.75, 3.05) is 6.54 Å². The Morgan fingerprint density at radius 2 is 2.29 bits per heavy atom. The van der Waals surface area contributed by atoms with Crippen LogP contribution in [0.1, 0.15) is 42.1 Å². The van der Waals surface area contributed by atoms with Crippen LogP contribution in [0.2, 0.25) is 5.02 Å². The molecular formula is C17H18ClFN2. The molecule has 0 amide bonds. The minimum absolute atomic E-state index is 0.115. The van der Waals surface area contributed by atoms with Crippen LogP contribution >= 0.6 is 11.6 Å². The third-order valence-corrected chi connectivity index (χ3v) is 4.42. The summed E-state index contributed by atoms with van der Waals surface area (Å²) in [5, 5.41) is 3.68. The zero-order valence-electron chi connectivity index (χ0n) is 11.9. The van der Waals surface area contributed by atoms with E-state index < -0.39 is 0 Å². The highest BCUT2D eigenvalue weighted by Gasteiger charge is 2.31. The summed E-state index contributed by atoms with van der Waals surface area (Å²) in [4.78, 5) is 4.56. The molecule has 4 heteroatoms. The lowest BCUT2D eigenvalue weighted by Gasteiger charge is -2.25. The zero-order chi connectivity index (χ0) is 14.8. The molecule has 0 saturated heterocycles. The van der Waals surface area contributed by atoms with Crippen molar-refractivity contribution in [2.45, 2.75) is 31.7 Å². The van der Waals surface area contributed by atoms with Crippen molar-refractivity contribution >= 4 is 11.6 Å². The quantitative estimate of drug-likeness (QED) is 0.913. The standard InChI is InChI=1S/C17H18ClFN2/c1-2-20-17(12-6-8-15(19)14(18)10-12)13-7-5-11-4-3-9-21-16(11)13/h3-4,6,8-10,13,17,20H,2,5,7H2,1H3. The monoisotopic (exact) mass is 304 g/mol. The van der Waals surface area contributed by atoms with E-state index >= 15 is 0 Å². The third kappa shape index (κ3) is 2.81. The van der Waals surface area contributed by atoms with E-state index in [1.54, 1.807) is 6.07 Å². The Kier molecular flexibility index (Phi) is 4.22. The number of aromatic nitrogens is 1. The summed E-state index contributed by atoms with van der Waals surface area (Å²) in [5.74, 6) is -0.0664. The van der Waals surface area contributed by atoms with Gasteiger partial charge in [0.15, 0.2) is 0 Å². The molecule has 2 atom stereocenters. The predicted molar refractivity (Wildman–Crippen MR) is 83.1 cm³/mol. The average molecular weight is 305 g/mol. The van der Waals surface area contributed by atoms with Crippen LogP contribution in [0.5, 0.6) is 0 Å². The average Bonchev–Trinajstić information content (AvgIpc) is 2.92. The lowest BCUT2D eigenvalue weighted by atomic mass is 9.90. The Labute approximate surface area is 129 Å². The van der Waals surface area contributed by atoms with Gasteiger partial charge in [-0.2, -0.15) is 0 Å². The highest BCUT2D eigenvalue weighted by Crippen LogP contribution is 2.40. The number of nitrogens with zero attached hydrogens (tertiary/aromatic N) is 1. The summed E-state index contributed by atoms with van der Waals surface area (Å²) in [5.41, 5.74) is 3.49. The van der Waals surface area contributed by atoms with Gasteiger partial charge < -0.3 is 5.32 Å².